The van der Waals surface area contributed by atoms with Crippen molar-refractivity contribution in [2.24, 2.45) is 0 Å². The van der Waals surface area contributed by atoms with E-state index in [4.69, 9.17) is 0 Å². The zero-order valence-corrected chi connectivity index (χ0v) is 18.8. The van der Waals surface area contributed by atoms with Crippen molar-refractivity contribution in [3.05, 3.63) is 71.0 Å². The molecule has 1 N–H and O–H groups in total. The summed E-state index contributed by atoms with van der Waals surface area (Å²) in [5, 5.41) is 2.92. The van der Waals surface area contributed by atoms with Crippen molar-refractivity contribution in [3.63, 3.8) is 0 Å². The first-order valence-corrected chi connectivity index (χ1v) is 11.6. The highest BCUT2D eigenvalue weighted by Gasteiger charge is 2.28. The monoisotopic (exact) mass is 430 g/mol. The largest absolute Gasteiger partial charge is 0.354 e. The molecule has 0 bridgehead atoms. The molecule has 0 saturated carbocycles. The number of amides is 2. The molecule has 6 heteroatoms. The summed E-state index contributed by atoms with van der Waals surface area (Å²) in [5.74, 6) is 0.103. The molecule has 0 aromatic heterocycles. The van der Waals surface area contributed by atoms with Crippen LogP contribution in [0.15, 0.2) is 48.5 Å². The SMILES string of the molecule is CCCNC(=O)C(CC)N(Cc1ccccc1C)C(=O)CSCc1ccccc1F. The highest BCUT2D eigenvalue weighted by molar-refractivity contribution is 7.99. The summed E-state index contributed by atoms with van der Waals surface area (Å²) < 4.78 is 13.8. The van der Waals surface area contributed by atoms with E-state index in [0.717, 1.165) is 17.5 Å². The van der Waals surface area contributed by atoms with Crippen molar-refractivity contribution >= 4 is 23.6 Å². The zero-order valence-electron chi connectivity index (χ0n) is 18.0. The predicted octanol–water partition coefficient (Wildman–Crippen LogP) is 4.70. The molecule has 0 aliphatic heterocycles. The van der Waals surface area contributed by atoms with Crippen molar-refractivity contribution in [1.29, 1.82) is 0 Å². The normalized spacial score (nSPS) is 11.7. The maximum Gasteiger partial charge on any atom is 0.242 e. The lowest BCUT2D eigenvalue weighted by Crippen LogP contribution is -2.49. The third-order valence-corrected chi connectivity index (χ3v) is 5.94. The fourth-order valence-electron chi connectivity index (χ4n) is 3.20. The molecular formula is C24H31FN2O2S. The smallest absolute Gasteiger partial charge is 0.242 e. The fourth-order valence-corrected chi connectivity index (χ4v) is 4.10. The molecule has 0 radical (unpaired) electrons. The third kappa shape index (κ3) is 6.87. The number of rotatable bonds is 11. The Balaban J connectivity index is 2.14. The van der Waals surface area contributed by atoms with Gasteiger partial charge in [-0.3, -0.25) is 9.59 Å². The first-order chi connectivity index (χ1) is 14.5. The minimum Gasteiger partial charge on any atom is -0.354 e. The lowest BCUT2D eigenvalue weighted by molar-refractivity contribution is -0.139. The number of thioether (sulfide) groups is 1. The molecule has 30 heavy (non-hydrogen) atoms. The Kier molecular flexibility index (Phi) is 9.87. The first kappa shape index (κ1) is 23.9. The number of hydrogen-bond acceptors (Lipinski definition) is 3. The van der Waals surface area contributed by atoms with Crippen molar-refractivity contribution in [1.82, 2.24) is 10.2 Å². The van der Waals surface area contributed by atoms with Crippen LogP contribution in [0.2, 0.25) is 0 Å². The topological polar surface area (TPSA) is 49.4 Å². The maximum atomic E-state index is 13.8. The Morgan fingerprint density at radius 2 is 1.73 bits per heavy atom. The summed E-state index contributed by atoms with van der Waals surface area (Å²) >= 11 is 1.37. The molecule has 0 saturated heterocycles. The molecule has 162 valence electrons. The molecule has 1 unspecified atom stereocenters. The number of hydrogen-bond donors (Lipinski definition) is 1. The molecule has 0 fully saturated rings. The molecular weight excluding hydrogens is 399 g/mol. The van der Waals surface area contributed by atoms with Crippen LogP contribution >= 0.6 is 11.8 Å². The van der Waals surface area contributed by atoms with Gasteiger partial charge in [0.2, 0.25) is 11.8 Å². The zero-order chi connectivity index (χ0) is 21.9. The average Bonchev–Trinajstić information content (AvgIpc) is 2.74. The quantitative estimate of drug-likeness (QED) is 0.562. The number of aryl methyl sites for hydroxylation is 1. The Labute approximate surface area is 183 Å². The van der Waals surface area contributed by atoms with E-state index in [9.17, 15) is 14.0 Å². The van der Waals surface area contributed by atoms with Gasteiger partial charge in [-0.05, 0) is 42.5 Å². The number of nitrogens with one attached hydrogen (secondary N) is 1. The van der Waals surface area contributed by atoms with Gasteiger partial charge in [0.25, 0.3) is 0 Å². The van der Waals surface area contributed by atoms with Gasteiger partial charge in [0.1, 0.15) is 11.9 Å². The lowest BCUT2D eigenvalue weighted by Gasteiger charge is -2.31. The molecule has 1 atom stereocenters. The van der Waals surface area contributed by atoms with Crippen LogP contribution < -0.4 is 5.32 Å². The van der Waals surface area contributed by atoms with Gasteiger partial charge < -0.3 is 10.2 Å². The molecule has 2 aromatic rings. The lowest BCUT2D eigenvalue weighted by atomic mass is 10.1. The summed E-state index contributed by atoms with van der Waals surface area (Å²) in [6.07, 6.45) is 1.37. The molecule has 2 rings (SSSR count). The molecule has 0 heterocycles. The van der Waals surface area contributed by atoms with E-state index < -0.39 is 6.04 Å². The number of carbonyl (C=O) groups is 2. The Morgan fingerprint density at radius 1 is 1.07 bits per heavy atom. The predicted molar refractivity (Wildman–Crippen MR) is 122 cm³/mol. The molecule has 2 aromatic carbocycles. The molecule has 2 amide bonds. The summed E-state index contributed by atoms with van der Waals surface area (Å²) in [6, 6.07) is 13.9. The Morgan fingerprint density at radius 3 is 2.37 bits per heavy atom. The van der Waals surface area contributed by atoms with Crippen LogP contribution in [0, 0.1) is 12.7 Å². The summed E-state index contributed by atoms with van der Waals surface area (Å²) in [4.78, 5) is 27.5. The van der Waals surface area contributed by atoms with E-state index in [1.807, 2.05) is 45.0 Å². The van der Waals surface area contributed by atoms with Gasteiger partial charge in [-0.25, -0.2) is 4.39 Å². The van der Waals surface area contributed by atoms with Crippen LogP contribution in [0.25, 0.3) is 0 Å². The van der Waals surface area contributed by atoms with Gasteiger partial charge in [0, 0.05) is 18.8 Å². The van der Waals surface area contributed by atoms with Gasteiger partial charge >= 0.3 is 0 Å². The summed E-state index contributed by atoms with van der Waals surface area (Å²) in [7, 11) is 0. The van der Waals surface area contributed by atoms with Crippen LogP contribution in [-0.4, -0.2) is 35.1 Å². The van der Waals surface area contributed by atoms with Gasteiger partial charge in [0.15, 0.2) is 0 Å². The van der Waals surface area contributed by atoms with Crippen molar-refractivity contribution < 1.29 is 14.0 Å². The van der Waals surface area contributed by atoms with Crippen LogP contribution in [0.4, 0.5) is 4.39 Å². The van der Waals surface area contributed by atoms with E-state index in [0.29, 0.717) is 30.8 Å². The molecule has 4 nitrogen and oxygen atoms in total. The van der Waals surface area contributed by atoms with Crippen LogP contribution in [0.1, 0.15) is 43.4 Å². The van der Waals surface area contributed by atoms with E-state index in [1.165, 1.54) is 17.8 Å². The highest BCUT2D eigenvalue weighted by atomic mass is 32.2. The summed E-state index contributed by atoms with van der Waals surface area (Å²) in [6.45, 7) is 6.88. The fraction of sp³-hybridized carbons (Fsp3) is 0.417. The number of carbonyl (C=O) groups excluding carboxylic acids is 2. The minimum absolute atomic E-state index is 0.113. The number of benzene rings is 2. The average molecular weight is 431 g/mol. The van der Waals surface area contributed by atoms with Gasteiger partial charge in [-0.2, -0.15) is 0 Å². The van der Waals surface area contributed by atoms with Crippen LogP contribution in [0.5, 0.6) is 0 Å². The Hall–Kier alpha value is -2.34. The molecule has 0 spiro atoms. The van der Waals surface area contributed by atoms with E-state index in [-0.39, 0.29) is 23.4 Å². The first-order valence-electron chi connectivity index (χ1n) is 10.4. The third-order valence-electron chi connectivity index (χ3n) is 4.98. The van der Waals surface area contributed by atoms with E-state index in [1.54, 1.807) is 23.1 Å². The van der Waals surface area contributed by atoms with Gasteiger partial charge in [0.05, 0.1) is 5.75 Å². The standard InChI is InChI=1S/C24H31FN2O2S/c1-4-14-26-24(29)22(5-2)27(15-19-11-7-6-10-18(19)3)23(28)17-30-16-20-12-8-9-13-21(20)25/h6-13,22H,4-5,14-17H2,1-3H3,(H,26,29). The van der Waals surface area contributed by atoms with Crippen LogP contribution in [-0.2, 0) is 21.9 Å². The maximum absolute atomic E-state index is 13.8. The number of halogens is 1. The Bertz CT molecular complexity index is 843. The van der Waals surface area contributed by atoms with Crippen molar-refractivity contribution in [3.8, 4) is 0 Å². The second kappa shape index (κ2) is 12.4. The van der Waals surface area contributed by atoms with E-state index >= 15 is 0 Å². The van der Waals surface area contributed by atoms with Gasteiger partial charge in [-0.15, -0.1) is 11.8 Å². The second-order valence-corrected chi connectivity index (χ2v) is 8.23. The summed E-state index contributed by atoms with van der Waals surface area (Å²) in [5.41, 5.74) is 2.68. The van der Waals surface area contributed by atoms with Crippen molar-refractivity contribution in [2.75, 3.05) is 12.3 Å². The van der Waals surface area contributed by atoms with E-state index in [2.05, 4.69) is 5.32 Å². The number of nitrogens with zero attached hydrogens (tertiary/aromatic N) is 1. The molecule has 0 aliphatic rings. The minimum atomic E-state index is -0.530. The molecule has 0 aliphatic carbocycles. The van der Waals surface area contributed by atoms with Gasteiger partial charge in [-0.1, -0.05) is 56.3 Å². The highest BCUT2D eigenvalue weighted by Crippen LogP contribution is 2.19. The van der Waals surface area contributed by atoms with Crippen molar-refractivity contribution in [2.45, 2.75) is 52.0 Å². The second-order valence-electron chi connectivity index (χ2n) is 7.25. The van der Waals surface area contributed by atoms with Crippen LogP contribution in [0.3, 0.4) is 0 Å².